The van der Waals surface area contributed by atoms with Crippen molar-refractivity contribution in [3.8, 4) is 11.5 Å². The van der Waals surface area contributed by atoms with Gasteiger partial charge in [0.25, 0.3) is 0 Å². The van der Waals surface area contributed by atoms with Gasteiger partial charge in [-0.15, -0.1) is 0 Å². The van der Waals surface area contributed by atoms with Crippen LogP contribution in [-0.4, -0.2) is 67.8 Å². The molecular weight excluding hydrogens is 420 g/mol. The molecule has 2 saturated heterocycles. The number of methoxy groups -OCH3 is 3. The van der Waals surface area contributed by atoms with Crippen LogP contribution in [0, 0.1) is 5.92 Å². The number of hydrogen-bond donors (Lipinski definition) is 0. The molecule has 2 aromatic rings. The topological polar surface area (TPSA) is 77.0 Å². The number of likely N-dealkylation sites (tertiary alicyclic amines) is 1. The number of ether oxygens (including phenoxy) is 3. The summed E-state index contributed by atoms with van der Waals surface area (Å²) < 4.78 is 16.1. The smallest absolute Gasteiger partial charge is 0.308 e. The highest BCUT2D eigenvalue weighted by molar-refractivity contribution is 5.92. The third-order valence-electron chi connectivity index (χ3n) is 7.12. The molecule has 0 unspecified atom stereocenters. The van der Waals surface area contributed by atoms with Gasteiger partial charge in [-0.3, -0.25) is 9.69 Å². The molecule has 0 amide bonds. The zero-order chi connectivity index (χ0) is 23.4. The normalized spacial score (nSPS) is 20.1. The average molecular weight is 457 g/mol. The lowest BCUT2D eigenvalue weighted by Gasteiger charge is -2.35. The van der Waals surface area contributed by atoms with Crippen LogP contribution < -0.4 is 14.4 Å². The molecule has 8 heteroatoms. The highest BCUT2D eigenvalue weighted by atomic mass is 16.5. The van der Waals surface area contributed by atoms with Gasteiger partial charge in [-0.1, -0.05) is 13.3 Å². The molecule has 1 atom stereocenters. The molecule has 0 radical (unpaired) electrons. The Bertz CT molecular complexity index is 975. The van der Waals surface area contributed by atoms with E-state index in [1.807, 2.05) is 12.1 Å². The Morgan fingerprint density at radius 2 is 1.73 bits per heavy atom. The van der Waals surface area contributed by atoms with Crippen LogP contribution in [0.25, 0.3) is 10.9 Å². The van der Waals surface area contributed by atoms with Crippen molar-refractivity contribution in [1.82, 2.24) is 14.9 Å². The van der Waals surface area contributed by atoms with Crippen LogP contribution in [0.1, 0.15) is 51.3 Å². The van der Waals surface area contributed by atoms with Gasteiger partial charge in [-0.25, -0.2) is 9.97 Å². The number of carbonyl (C=O) groups excluding carboxylic acids is 1. The van der Waals surface area contributed by atoms with Crippen molar-refractivity contribution in [2.24, 2.45) is 5.92 Å². The Hall–Kier alpha value is -2.61. The van der Waals surface area contributed by atoms with Crippen molar-refractivity contribution in [2.75, 3.05) is 45.9 Å². The molecule has 0 spiro atoms. The van der Waals surface area contributed by atoms with Crippen LogP contribution in [0.3, 0.4) is 0 Å². The first-order valence-corrected chi connectivity index (χ1v) is 12.1. The molecule has 1 aromatic heterocycles. The van der Waals surface area contributed by atoms with Gasteiger partial charge in [0.05, 0.1) is 39.3 Å². The van der Waals surface area contributed by atoms with E-state index >= 15 is 0 Å². The minimum absolute atomic E-state index is 0.0490. The fraction of sp³-hybridized carbons (Fsp3) is 0.640. The predicted octanol–water partition coefficient (Wildman–Crippen LogP) is 3.80. The van der Waals surface area contributed by atoms with E-state index in [1.54, 1.807) is 14.2 Å². The Labute approximate surface area is 196 Å². The highest BCUT2D eigenvalue weighted by Crippen LogP contribution is 2.36. The molecule has 3 heterocycles. The lowest BCUT2D eigenvalue weighted by molar-refractivity contribution is -0.146. The van der Waals surface area contributed by atoms with E-state index in [-0.39, 0.29) is 11.9 Å². The summed E-state index contributed by atoms with van der Waals surface area (Å²) in [7, 11) is 4.74. The Balaban J connectivity index is 1.70. The number of fused-ring (bicyclic) bond motifs is 1. The van der Waals surface area contributed by atoms with E-state index in [0.29, 0.717) is 17.5 Å². The third kappa shape index (κ3) is 5.00. The summed E-state index contributed by atoms with van der Waals surface area (Å²) in [4.78, 5) is 26.8. The van der Waals surface area contributed by atoms with Crippen LogP contribution in [0.5, 0.6) is 11.5 Å². The lowest BCUT2D eigenvalue weighted by Crippen LogP contribution is -2.39. The van der Waals surface area contributed by atoms with Crippen LogP contribution in [0.2, 0.25) is 0 Å². The summed E-state index contributed by atoms with van der Waals surface area (Å²) in [6.07, 6.45) is 6.42. The Kier molecular flexibility index (Phi) is 7.53. The molecule has 1 aromatic carbocycles. The fourth-order valence-electron chi connectivity index (χ4n) is 5.20. The van der Waals surface area contributed by atoms with Crippen molar-refractivity contribution in [3.63, 3.8) is 0 Å². The van der Waals surface area contributed by atoms with Gasteiger partial charge in [0, 0.05) is 30.6 Å². The summed E-state index contributed by atoms with van der Waals surface area (Å²) in [5, 5.41) is 0.943. The summed E-state index contributed by atoms with van der Waals surface area (Å²) in [5.74, 6) is 2.89. The molecule has 2 fully saturated rings. The van der Waals surface area contributed by atoms with Gasteiger partial charge in [-0.2, -0.15) is 0 Å². The van der Waals surface area contributed by atoms with Crippen molar-refractivity contribution >= 4 is 22.7 Å². The maximum absolute atomic E-state index is 12.0. The number of aromatic nitrogens is 2. The average Bonchev–Trinajstić information content (AvgIpc) is 2.87. The van der Waals surface area contributed by atoms with Crippen molar-refractivity contribution < 1.29 is 19.0 Å². The molecule has 0 aliphatic carbocycles. The molecule has 4 rings (SSSR count). The van der Waals surface area contributed by atoms with Gasteiger partial charge in [0.2, 0.25) is 0 Å². The fourth-order valence-corrected chi connectivity index (χ4v) is 5.20. The van der Waals surface area contributed by atoms with Crippen LogP contribution >= 0.6 is 0 Å². The number of nitrogens with zero attached hydrogens (tertiary/aromatic N) is 4. The minimum Gasteiger partial charge on any atom is -0.493 e. The second-order valence-corrected chi connectivity index (χ2v) is 9.00. The Morgan fingerprint density at radius 1 is 1.00 bits per heavy atom. The number of rotatable bonds is 7. The van der Waals surface area contributed by atoms with Crippen LogP contribution in [0.4, 0.5) is 5.82 Å². The van der Waals surface area contributed by atoms with E-state index in [0.717, 1.165) is 68.0 Å². The molecule has 2 aliphatic heterocycles. The lowest BCUT2D eigenvalue weighted by atomic mass is 9.97. The molecular formula is C25H36N4O4. The quantitative estimate of drug-likeness (QED) is 0.583. The molecule has 0 N–H and O–H groups in total. The van der Waals surface area contributed by atoms with E-state index in [4.69, 9.17) is 24.2 Å². The molecule has 0 bridgehead atoms. The van der Waals surface area contributed by atoms with Gasteiger partial charge in [0.15, 0.2) is 11.5 Å². The van der Waals surface area contributed by atoms with Gasteiger partial charge >= 0.3 is 5.97 Å². The second kappa shape index (κ2) is 10.5. The van der Waals surface area contributed by atoms with E-state index in [1.165, 1.54) is 26.4 Å². The van der Waals surface area contributed by atoms with Crippen molar-refractivity contribution in [2.45, 2.75) is 58.0 Å². The summed E-state index contributed by atoms with van der Waals surface area (Å²) in [6, 6.07) is 4.50. The summed E-state index contributed by atoms with van der Waals surface area (Å²) >= 11 is 0. The van der Waals surface area contributed by atoms with Crippen LogP contribution in [-0.2, 0) is 16.1 Å². The van der Waals surface area contributed by atoms with E-state index in [9.17, 15) is 4.79 Å². The first-order chi connectivity index (χ1) is 16.1. The molecule has 2 aliphatic rings. The van der Waals surface area contributed by atoms with E-state index < -0.39 is 0 Å². The number of anilines is 1. The number of piperidine rings is 2. The predicted molar refractivity (Wildman–Crippen MR) is 128 cm³/mol. The molecule has 33 heavy (non-hydrogen) atoms. The zero-order valence-electron chi connectivity index (χ0n) is 20.3. The summed E-state index contributed by atoms with van der Waals surface area (Å²) in [6.45, 7) is 5.60. The minimum atomic E-state index is -0.120. The van der Waals surface area contributed by atoms with E-state index in [2.05, 4.69) is 16.7 Å². The van der Waals surface area contributed by atoms with Crippen LogP contribution in [0.15, 0.2) is 12.1 Å². The molecule has 8 nitrogen and oxygen atoms in total. The first kappa shape index (κ1) is 23.5. The molecule has 0 saturated carbocycles. The zero-order valence-corrected chi connectivity index (χ0v) is 20.3. The number of esters is 1. The summed E-state index contributed by atoms with van der Waals surface area (Å²) in [5.41, 5.74) is 0.854. The maximum Gasteiger partial charge on any atom is 0.308 e. The largest absolute Gasteiger partial charge is 0.493 e. The van der Waals surface area contributed by atoms with Gasteiger partial charge in [-0.05, 0) is 44.7 Å². The number of carbonyl (C=O) groups is 1. The maximum atomic E-state index is 12.0. The molecule has 180 valence electrons. The third-order valence-corrected chi connectivity index (χ3v) is 7.12. The SMILES string of the molecule is CC[C@@H]1CCCCN1Cc1nc(N2CCC(C(=O)OC)CC2)c2cc(OC)c(OC)cc2n1. The standard InChI is InChI=1S/C25H36N4O4/c1-5-18-8-6-7-11-29(18)16-23-26-20-15-22(32-3)21(31-2)14-19(20)24(27-23)28-12-9-17(10-13-28)25(30)33-4/h14-15,17-18H,5-13,16H2,1-4H3/t18-/m1/s1. The number of hydrogen-bond acceptors (Lipinski definition) is 8. The number of benzene rings is 1. The van der Waals surface area contributed by atoms with Crippen molar-refractivity contribution in [3.05, 3.63) is 18.0 Å². The van der Waals surface area contributed by atoms with Gasteiger partial charge in [0.1, 0.15) is 11.6 Å². The Morgan fingerprint density at radius 3 is 2.39 bits per heavy atom. The van der Waals surface area contributed by atoms with Crippen molar-refractivity contribution in [1.29, 1.82) is 0 Å². The second-order valence-electron chi connectivity index (χ2n) is 9.00. The highest BCUT2D eigenvalue weighted by Gasteiger charge is 2.28. The first-order valence-electron chi connectivity index (χ1n) is 12.1. The van der Waals surface area contributed by atoms with Gasteiger partial charge < -0.3 is 19.1 Å². The monoisotopic (exact) mass is 456 g/mol.